The molecule has 1 aliphatic heterocycles. The summed E-state index contributed by atoms with van der Waals surface area (Å²) in [7, 11) is 1.96. The third kappa shape index (κ3) is 4.13. The van der Waals surface area contributed by atoms with Gasteiger partial charge in [-0.2, -0.15) is 0 Å². The van der Waals surface area contributed by atoms with Gasteiger partial charge in [0.25, 0.3) is 5.91 Å². The van der Waals surface area contributed by atoms with Gasteiger partial charge in [-0.3, -0.25) is 10.1 Å². The summed E-state index contributed by atoms with van der Waals surface area (Å²) in [4.78, 5) is 19.3. The van der Waals surface area contributed by atoms with Crippen LogP contribution in [0.4, 0.5) is 9.52 Å². The molecule has 1 N–H and O–H groups in total. The number of morpholine rings is 1. The molecule has 2 heterocycles. The molecule has 0 radical (unpaired) electrons. The van der Waals surface area contributed by atoms with E-state index in [0.29, 0.717) is 30.3 Å². The van der Waals surface area contributed by atoms with Crippen LogP contribution in [0, 0.1) is 5.82 Å². The summed E-state index contributed by atoms with van der Waals surface area (Å²) < 4.78 is 19.1. The van der Waals surface area contributed by atoms with Crippen LogP contribution in [0.15, 0.2) is 30.5 Å². The van der Waals surface area contributed by atoms with Crippen LogP contribution in [-0.2, 0) is 16.0 Å². The van der Waals surface area contributed by atoms with E-state index >= 15 is 0 Å². The van der Waals surface area contributed by atoms with Crippen LogP contribution in [0.1, 0.15) is 10.4 Å². The number of rotatable bonds is 4. The number of amides is 1. The number of thiazole rings is 1. The Hall–Kier alpha value is -1.83. The summed E-state index contributed by atoms with van der Waals surface area (Å²) in [6, 6.07) is 6.66. The van der Waals surface area contributed by atoms with Crippen LogP contribution in [0.2, 0.25) is 0 Å². The maximum absolute atomic E-state index is 13.7. The molecular weight excluding hydrogens is 317 g/mol. The first-order chi connectivity index (χ1) is 11.1. The van der Waals surface area contributed by atoms with Crippen LogP contribution in [0.5, 0.6) is 0 Å². The van der Waals surface area contributed by atoms with Crippen molar-refractivity contribution in [1.29, 1.82) is 0 Å². The van der Waals surface area contributed by atoms with Crippen molar-refractivity contribution < 1.29 is 13.9 Å². The molecule has 1 amide bonds. The average molecular weight is 335 g/mol. The Morgan fingerprint density at radius 3 is 3.13 bits per heavy atom. The molecule has 0 spiro atoms. The number of aromatic nitrogens is 1. The Bertz CT molecular complexity index is 691. The van der Waals surface area contributed by atoms with Crippen molar-refractivity contribution in [2.24, 2.45) is 0 Å². The molecule has 1 aromatic heterocycles. The van der Waals surface area contributed by atoms with Crippen molar-refractivity contribution in [3.05, 3.63) is 46.7 Å². The minimum Gasteiger partial charge on any atom is -0.366 e. The molecular formula is C16H18FN3O2S. The van der Waals surface area contributed by atoms with Crippen LogP contribution in [0.25, 0.3) is 0 Å². The van der Waals surface area contributed by atoms with E-state index in [1.165, 1.54) is 17.4 Å². The van der Waals surface area contributed by atoms with Crippen molar-refractivity contribution in [3.63, 3.8) is 0 Å². The van der Waals surface area contributed by atoms with E-state index in [-0.39, 0.29) is 11.7 Å². The molecule has 122 valence electrons. The Morgan fingerprint density at radius 1 is 1.52 bits per heavy atom. The van der Waals surface area contributed by atoms with Crippen LogP contribution in [-0.4, -0.2) is 48.6 Å². The first-order valence-electron chi connectivity index (χ1n) is 7.41. The normalized spacial score (nSPS) is 18.8. The van der Waals surface area contributed by atoms with E-state index < -0.39 is 6.10 Å². The molecule has 2 aromatic rings. The third-order valence-corrected chi connectivity index (χ3v) is 4.58. The molecule has 7 heteroatoms. The lowest BCUT2D eigenvalue weighted by Crippen LogP contribution is -2.46. The minimum absolute atomic E-state index is 0.191. The molecule has 3 rings (SSSR count). The molecule has 1 fully saturated rings. The van der Waals surface area contributed by atoms with Gasteiger partial charge >= 0.3 is 0 Å². The maximum Gasteiger partial charge on any atom is 0.256 e. The summed E-state index contributed by atoms with van der Waals surface area (Å²) in [6.45, 7) is 1.94. The van der Waals surface area contributed by atoms with E-state index in [2.05, 4.69) is 15.2 Å². The average Bonchev–Trinajstić information content (AvgIpc) is 2.97. The Morgan fingerprint density at radius 2 is 2.35 bits per heavy atom. The van der Waals surface area contributed by atoms with Crippen molar-refractivity contribution in [3.8, 4) is 0 Å². The molecule has 0 saturated carbocycles. The highest BCUT2D eigenvalue weighted by Crippen LogP contribution is 2.22. The predicted octanol–water partition coefficient (Wildman–Crippen LogP) is 2.14. The van der Waals surface area contributed by atoms with Crippen molar-refractivity contribution >= 4 is 22.4 Å². The van der Waals surface area contributed by atoms with E-state index in [9.17, 15) is 9.18 Å². The number of carbonyl (C=O) groups excluding carboxylic acids is 1. The molecule has 0 aliphatic carbocycles. The number of likely N-dealkylation sites (N-methyl/N-ethyl adjacent to an activating group) is 1. The van der Waals surface area contributed by atoms with Crippen LogP contribution < -0.4 is 5.32 Å². The highest BCUT2D eigenvalue weighted by Gasteiger charge is 2.25. The zero-order valence-electron chi connectivity index (χ0n) is 12.8. The standard InChI is InChI=1S/C16H18FN3O2S/c1-20-6-7-22-14(10-20)15(21)19-16-18-9-12(23-16)8-11-4-2-3-5-13(11)17/h2-5,9,14H,6-8,10H2,1H3,(H,18,19,21). The fourth-order valence-corrected chi connectivity index (χ4v) is 3.24. The third-order valence-electron chi connectivity index (χ3n) is 3.67. The quantitative estimate of drug-likeness (QED) is 0.930. The van der Waals surface area contributed by atoms with E-state index in [1.807, 2.05) is 7.05 Å². The van der Waals surface area contributed by atoms with Gasteiger partial charge in [0.2, 0.25) is 0 Å². The van der Waals surface area contributed by atoms with E-state index in [0.717, 1.165) is 11.4 Å². The number of ether oxygens (including phenoxy) is 1. The van der Waals surface area contributed by atoms with Gasteiger partial charge in [-0.15, -0.1) is 11.3 Å². The number of benzene rings is 1. The van der Waals surface area contributed by atoms with Gasteiger partial charge < -0.3 is 9.64 Å². The lowest BCUT2D eigenvalue weighted by Gasteiger charge is -2.28. The molecule has 1 aromatic carbocycles. The number of carbonyl (C=O) groups is 1. The number of nitrogens with zero attached hydrogens (tertiary/aromatic N) is 2. The fraction of sp³-hybridized carbons (Fsp3) is 0.375. The van der Waals surface area contributed by atoms with Crippen molar-refractivity contribution in [1.82, 2.24) is 9.88 Å². The SMILES string of the molecule is CN1CCOC(C(=O)Nc2ncc(Cc3ccccc3F)s2)C1. The van der Waals surface area contributed by atoms with Gasteiger partial charge in [0.1, 0.15) is 11.9 Å². The lowest BCUT2D eigenvalue weighted by atomic mass is 10.1. The van der Waals surface area contributed by atoms with Gasteiger partial charge in [-0.1, -0.05) is 18.2 Å². The first-order valence-corrected chi connectivity index (χ1v) is 8.22. The molecule has 23 heavy (non-hydrogen) atoms. The number of hydrogen-bond acceptors (Lipinski definition) is 5. The van der Waals surface area contributed by atoms with Gasteiger partial charge in [-0.05, 0) is 18.7 Å². The smallest absolute Gasteiger partial charge is 0.256 e. The highest BCUT2D eigenvalue weighted by molar-refractivity contribution is 7.15. The Labute approximate surface area is 138 Å². The van der Waals surface area contributed by atoms with Gasteiger partial charge in [0, 0.05) is 30.6 Å². The summed E-state index contributed by atoms with van der Waals surface area (Å²) in [5.74, 6) is -0.423. The number of hydrogen-bond donors (Lipinski definition) is 1. The zero-order valence-corrected chi connectivity index (χ0v) is 13.6. The molecule has 1 saturated heterocycles. The second-order valence-corrected chi connectivity index (χ2v) is 6.63. The maximum atomic E-state index is 13.7. The second kappa shape index (κ2) is 7.16. The molecule has 1 aliphatic rings. The van der Waals surface area contributed by atoms with Crippen LogP contribution in [0.3, 0.4) is 0 Å². The summed E-state index contributed by atoms with van der Waals surface area (Å²) >= 11 is 1.35. The van der Waals surface area contributed by atoms with Crippen molar-refractivity contribution in [2.45, 2.75) is 12.5 Å². The number of halogens is 1. The lowest BCUT2D eigenvalue weighted by molar-refractivity contribution is -0.132. The van der Waals surface area contributed by atoms with Gasteiger partial charge in [-0.25, -0.2) is 9.37 Å². The second-order valence-electron chi connectivity index (χ2n) is 5.51. The number of nitrogens with one attached hydrogen (secondary N) is 1. The van der Waals surface area contributed by atoms with Gasteiger partial charge in [0.15, 0.2) is 5.13 Å². The molecule has 1 atom stereocenters. The Kier molecular flexibility index (Phi) is 5.00. The van der Waals surface area contributed by atoms with E-state index in [4.69, 9.17) is 4.74 Å². The largest absolute Gasteiger partial charge is 0.366 e. The zero-order chi connectivity index (χ0) is 16.2. The minimum atomic E-state index is -0.479. The highest BCUT2D eigenvalue weighted by atomic mass is 32.1. The number of anilines is 1. The summed E-state index contributed by atoms with van der Waals surface area (Å²) in [5.41, 5.74) is 0.617. The molecule has 5 nitrogen and oxygen atoms in total. The predicted molar refractivity (Wildman–Crippen MR) is 87.2 cm³/mol. The topological polar surface area (TPSA) is 54.5 Å². The van der Waals surface area contributed by atoms with Crippen LogP contribution >= 0.6 is 11.3 Å². The first kappa shape index (κ1) is 16.0. The monoisotopic (exact) mass is 335 g/mol. The van der Waals surface area contributed by atoms with E-state index in [1.54, 1.807) is 24.4 Å². The van der Waals surface area contributed by atoms with Crippen molar-refractivity contribution in [2.75, 3.05) is 32.1 Å². The summed E-state index contributed by atoms with van der Waals surface area (Å²) in [5, 5.41) is 3.29. The fourth-order valence-electron chi connectivity index (χ4n) is 2.40. The Balaban J connectivity index is 1.61. The molecule has 1 unspecified atom stereocenters. The van der Waals surface area contributed by atoms with Gasteiger partial charge in [0.05, 0.1) is 6.61 Å². The summed E-state index contributed by atoms with van der Waals surface area (Å²) in [6.07, 6.45) is 1.65. The molecule has 0 bridgehead atoms.